The Bertz CT molecular complexity index is 821. The monoisotopic (exact) mass is 399 g/mol. The van der Waals surface area contributed by atoms with Gasteiger partial charge in [0.15, 0.2) is 0 Å². The molecule has 0 atom stereocenters. The molecule has 0 spiro atoms. The molecule has 1 aromatic heterocycles. The van der Waals surface area contributed by atoms with Crippen molar-refractivity contribution < 1.29 is 18.8 Å². The molecule has 0 N–H and O–H groups in total. The SMILES string of the molecule is CCOC(=O)C1CCN(C(=O)CCc2nc(-c3ccc(C(C)C)cc3)no2)CC1. The van der Waals surface area contributed by atoms with Gasteiger partial charge in [-0.2, -0.15) is 4.98 Å². The molecule has 1 saturated heterocycles. The zero-order chi connectivity index (χ0) is 20.8. The molecular formula is C22H29N3O4. The Morgan fingerprint density at radius 1 is 1.21 bits per heavy atom. The average Bonchev–Trinajstić information content (AvgIpc) is 3.21. The molecule has 156 valence electrons. The molecule has 0 bridgehead atoms. The van der Waals surface area contributed by atoms with Crippen LogP contribution in [0.3, 0.4) is 0 Å². The minimum atomic E-state index is -0.153. The molecule has 2 aromatic rings. The summed E-state index contributed by atoms with van der Waals surface area (Å²) in [6, 6.07) is 8.12. The Balaban J connectivity index is 1.48. The summed E-state index contributed by atoms with van der Waals surface area (Å²) in [7, 11) is 0. The van der Waals surface area contributed by atoms with Gasteiger partial charge in [-0.25, -0.2) is 0 Å². The van der Waals surface area contributed by atoms with Crippen LogP contribution >= 0.6 is 0 Å². The van der Waals surface area contributed by atoms with Crippen molar-refractivity contribution in [2.24, 2.45) is 5.92 Å². The quantitative estimate of drug-likeness (QED) is 0.662. The topological polar surface area (TPSA) is 85.5 Å². The van der Waals surface area contributed by atoms with E-state index in [1.165, 1.54) is 5.56 Å². The number of piperidine rings is 1. The number of aromatic nitrogens is 2. The van der Waals surface area contributed by atoms with Crippen LogP contribution in [0.5, 0.6) is 0 Å². The van der Waals surface area contributed by atoms with Crippen LogP contribution in [0.1, 0.15) is 57.4 Å². The number of carbonyl (C=O) groups is 2. The summed E-state index contributed by atoms with van der Waals surface area (Å²) in [4.78, 5) is 30.5. The van der Waals surface area contributed by atoms with Gasteiger partial charge in [0.05, 0.1) is 12.5 Å². The van der Waals surface area contributed by atoms with Crippen molar-refractivity contribution in [3.8, 4) is 11.4 Å². The van der Waals surface area contributed by atoms with Gasteiger partial charge in [-0.15, -0.1) is 0 Å². The third-order valence-corrected chi connectivity index (χ3v) is 5.32. The highest BCUT2D eigenvalue weighted by atomic mass is 16.5. The van der Waals surface area contributed by atoms with Crippen LogP contribution in [0, 0.1) is 5.92 Å². The first kappa shape index (κ1) is 21.0. The maximum Gasteiger partial charge on any atom is 0.309 e. The van der Waals surface area contributed by atoms with Crippen LogP contribution in [0.15, 0.2) is 28.8 Å². The van der Waals surface area contributed by atoms with Gasteiger partial charge >= 0.3 is 5.97 Å². The Morgan fingerprint density at radius 2 is 1.90 bits per heavy atom. The summed E-state index contributed by atoms with van der Waals surface area (Å²) >= 11 is 0. The number of hydrogen-bond donors (Lipinski definition) is 0. The summed E-state index contributed by atoms with van der Waals surface area (Å²) in [5.41, 5.74) is 2.16. The van der Waals surface area contributed by atoms with Crippen LogP contribution in [0.2, 0.25) is 0 Å². The van der Waals surface area contributed by atoms with Crippen molar-refractivity contribution >= 4 is 11.9 Å². The number of carbonyl (C=O) groups excluding carboxylic acids is 2. The summed E-state index contributed by atoms with van der Waals surface area (Å²) in [6.45, 7) is 7.67. The van der Waals surface area contributed by atoms with Gasteiger partial charge < -0.3 is 14.2 Å². The molecule has 1 aliphatic heterocycles. The van der Waals surface area contributed by atoms with E-state index in [2.05, 4.69) is 36.1 Å². The molecule has 1 aliphatic rings. The molecular weight excluding hydrogens is 370 g/mol. The Labute approximate surface area is 171 Å². The van der Waals surface area contributed by atoms with Gasteiger partial charge in [0.25, 0.3) is 0 Å². The van der Waals surface area contributed by atoms with Crippen LogP contribution in [-0.4, -0.2) is 46.6 Å². The number of esters is 1. The first-order valence-electron chi connectivity index (χ1n) is 10.3. The first-order chi connectivity index (χ1) is 14.0. The molecule has 7 nitrogen and oxygen atoms in total. The fraction of sp³-hybridized carbons (Fsp3) is 0.545. The average molecular weight is 399 g/mol. The molecule has 0 unspecified atom stereocenters. The lowest BCUT2D eigenvalue weighted by Gasteiger charge is -2.30. The van der Waals surface area contributed by atoms with E-state index in [0.717, 1.165) is 5.56 Å². The summed E-state index contributed by atoms with van der Waals surface area (Å²) in [5.74, 6) is 1.27. The van der Waals surface area contributed by atoms with E-state index in [1.807, 2.05) is 12.1 Å². The predicted octanol–water partition coefficient (Wildman–Crippen LogP) is 3.59. The van der Waals surface area contributed by atoms with E-state index < -0.39 is 0 Å². The zero-order valence-electron chi connectivity index (χ0n) is 17.4. The second kappa shape index (κ2) is 9.67. The van der Waals surface area contributed by atoms with E-state index >= 15 is 0 Å². The zero-order valence-corrected chi connectivity index (χ0v) is 17.4. The van der Waals surface area contributed by atoms with E-state index in [0.29, 0.717) is 63.0 Å². The first-order valence-corrected chi connectivity index (χ1v) is 10.3. The second-order valence-electron chi connectivity index (χ2n) is 7.70. The van der Waals surface area contributed by atoms with E-state index in [4.69, 9.17) is 9.26 Å². The van der Waals surface area contributed by atoms with Crippen LogP contribution in [-0.2, 0) is 20.7 Å². The molecule has 29 heavy (non-hydrogen) atoms. The Kier molecular flexibility index (Phi) is 7.01. The minimum absolute atomic E-state index is 0.0494. The molecule has 3 rings (SSSR count). The maximum atomic E-state index is 12.5. The summed E-state index contributed by atoms with van der Waals surface area (Å²) in [6.07, 6.45) is 2.04. The fourth-order valence-electron chi connectivity index (χ4n) is 3.49. The van der Waals surface area contributed by atoms with E-state index in [1.54, 1.807) is 11.8 Å². The van der Waals surface area contributed by atoms with Gasteiger partial charge in [0.2, 0.25) is 17.6 Å². The summed E-state index contributed by atoms with van der Waals surface area (Å²) in [5, 5.41) is 4.04. The number of benzene rings is 1. The largest absolute Gasteiger partial charge is 0.466 e. The van der Waals surface area contributed by atoms with Gasteiger partial charge in [0.1, 0.15) is 0 Å². The third kappa shape index (κ3) is 5.43. The summed E-state index contributed by atoms with van der Waals surface area (Å²) < 4.78 is 10.4. The number of nitrogens with zero attached hydrogens (tertiary/aromatic N) is 3. The highest BCUT2D eigenvalue weighted by Gasteiger charge is 2.28. The molecule has 7 heteroatoms. The van der Waals surface area contributed by atoms with Gasteiger partial charge in [-0.05, 0) is 31.2 Å². The Morgan fingerprint density at radius 3 is 2.52 bits per heavy atom. The maximum absolute atomic E-state index is 12.5. The lowest BCUT2D eigenvalue weighted by atomic mass is 9.97. The molecule has 0 radical (unpaired) electrons. The molecule has 1 aromatic carbocycles. The van der Waals surface area contributed by atoms with Crippen molar-refractivity contribution in [2.75, 3.05) is 19.7 Å². The van der Waals surface area contributed by atoms with Crippen LogP contribution in [0.25, 0.3) is 11.4 Å². The lowest BCUT2D eigenvalue weighted by Crippen LogP contribution is -2.40. The normalized spacial score (nSPS) is 15.0. The number of aryl methyl sites for hydroxylation is 1. The van der Waals surface area contributed by atoms with Crippen LogP contribution < -0.4 is 0 Å². The molecule has 0 saturated carbocycles. The number of rotatable bonds is 7. The number of ether oxygens (including phenoxy) is 1. The Hall–Kier alpha value is -2.70. The van der Waals surface area contributed by atoms with Gasteiger partial charge in [0, 0.05) is 31.5 Å². The van der Waals surface area contributed by atoms with Crippen LogP contribution in [0.4, 0.5) is 0 Å². The standard InChI is InChI=1S/C22H29N3O4/c1-4-28-22(27)18-11-13-25(14-12-18)20(26)10-9-19-23-21(24-29-19)17-7-5-16(6-8-17)15(2)3/h5-8,15,18H,4,9-14H2,1-3H3. The minimum Gasteiger partial charge on any atom is -0.466 e. The van der Waals surface area contributed by atoms with Crippen molar-refractivity contribution in [3.05, 3.63) is 35.7 Å². The fourth-order valence-corrected chi connectivity index (χ4v) is 3.49. The van der Waals surface area contributed by atoms with Crippen molar-refractivity contribution in [1.29, 1.82) is 0 Å². The number of likely N-dealkylation sites (tertiary alicyclic amines) is 1. The van der Waals surface area contributed by atoms with Gasteiger partial charge in [-0.1, -0.05) is 43.3 Å². The van der Waals surface area contributed by atoms with E-state index in [-0.39, 0.29) is 17.8 Å². The second-order valence-corrected chi connectivity index (χ2v) is 7.70. The molecule has 2 heterocycles. The smallest absolute Gasteiger partial charge is 0.309 e. The van der Waals surface area contributed by atoms with Crippen molar-refractivity contribution in [3.63, 3.8) is 0 Å². The molecule has 1 fully saturated rings. The molecule has 0 aliphatic carbocycles. The predicted molar refractivity (Wildman–Crippen MR) is 108 cm³/mol. The highest BCUT2D eigenvalue weighted by molar-refractivity contribution is 5.77. The van der Waals surface area contributed by atoms with Crippen molar-refractivity contribution in [2.45, 2.75) is 52.4 Å². The van der Waals surface area contributed by atoms with E-state index in [9.17, 15) is 9.59 Å². The van der Waals surface area contributed by atoms with Gasteiger partial charge in [-0.3, -0.25) is 9.59 Å². The third-order valence-electron chi connectivity index (χ3n) is 5.32. The lowest BCUT2D eigenvalue weighted by molar-refractivity contribution is -0.151. The van der Waals surface area contributed by atoms with Crippen molar-refractivity contribution in [1.82, 2.24) is 15.0 Å². The number of hydrogen-bond acceptors (Lipinski definition) is 6. The number of amides is 1. The molecule has 1 amide bonds. The highest BCUT2D eigenvalue weighted by Crippen LogP contribution is 2.22.